The first-order valence-electron chi connectivity index (χ1n) is 18.3. The van der Waals surface area contributed by atoms with Crippen molar-refractivity contribution in [1.29, 1.82) is 0 Å². The second-order valence-electron chi connectivity index (χ2n) is 11.7. The monoisotopic (exact) mass is 695 g/mol. The molecule has 48 heavy (non-hydrogen) atoms. The lowest BCUT2D eigenvalue weighted by atomic mass is 10.1. The number of rotatable bonds is 33. The molecule has 3 N–H and O–H groups in total. The van der Waals surface area contributed by atoms with Crippen LogP contribution in [0.5, 0.6) is 0 Å². The van der Waals surface area contributed by atoms with E-state index >= 15 is 0 Å². The van der Waals surface area contributed by atoms with Gasteiger partial charge >= 0.3 is 19.8 Å². The van der Waals surface area contributed by atoms with Gasteiger partial charge in [0.1, 0.15) is 6.61 Å². The normalized spacial score (nSPS) is 14.2. The van der Waals surface area contributed by atoms with Crippen molar-refractivity contribution < 1.29 is 37.6 Å². The SMILES string of the molecule is CCCCC/C=C/C/C=C/C/C=C/C/C=C/C/C=C/CCC(=O)O[C@H](COC(=O)CCCCCCCCCC)COP(=O)(O)OCCN. The van der Waals surface area contributed by atoms with E-state index in [2.05, 4.69) is 62.5 Å². The number of hydrogen-bond donors (Lipinski definition) is 2. The van der Waals surface area contributed by atoms with Crippen molar-refractivity contribution in [3.63, 3.8) is 0 Å². The largest absolute Gasteiger partial charge is 0.472 e. The Balaban J connectivity index is 4.37. The third-order valence-corrected chi connectivity index (χ3v) is 8.15. The Morgan fingerprint density at radius 1 is 0.625 bits per heavy atom. The molecule has 0 heterocycles. The van der Waals surface area contributed by atoms with E-state index in [9.17, 15) is 19.0 Å². The molecule has 0 amide bonds. The molecule has 10 heteroatoms. The van der Waals surface area contributed by atoms with Crippen molar-refractivity contribution in [1.82, 2.24) is 0 Å². The van der Waals surface area contributed by atoms with Gasteiger partial charge in [-0.15, -0.1) is 0 Å². The van der Waals surface area contributed by atoms with Gasteiger partial charge in [-0.05, 0) is 51.4 Å². The van der Waals surface area contributed by atoms with Gasteiger partial charge in [0.25, 0.3) is 0 Å². The van der Waals surface area contributed by atoms with Crippen LogP contribution in [0, 0.1) is 0 Å². The topological polar surface area (TPSA) is 134 Å². The minimum Gasteiger partial charge on any atom is -0.462 e. The third-order valence-electron chi connectivity index (χ3n) is 7.17. The highest BCUT2D eigenvalue weighted by Gasteiger charge is 2.25. The molecule has 0 aromatic carbocycles. The Bertz CT molecular complexity index is 976. The molecule has 0 bridgehead atoms. The van der Waals surface area contributed by atoms with Crippen molar-refractivity contribution in [2.24, 2.45) is 5.73 Å². The maximum Gasteiger partial charge on any atom is 0.472 e. The van der Waals surface area contributed by atoms with Crippen molar-refractivity contribution in [3.05, 3.63) is 60.8 Å². The number of carbonyl (C=O) groups is 2. The van der Waals surface area contributed by atoms with Gasteiger partial charge in [-0.2, -0.15) is 0 Å². The molecular formula is C38H66NO8P. The fourth-order valence-electron chi connectivity index (χ4n) is 4.44. The number of phosphoric ester groups is 1. The second-order valence-corrected chi connectivity index (χ2v) is 13.2. The van der Waals surface area contributed by atoms with E-state index in [1.165, 1.54) is 51.4 Å². The lowest BCUT2D eigenvalue weighted by molar-refractivity contribution is -0.161. The van der Waals surface area contributed by atoms with Crippen LogP contribution < -0.4 is 5.73 Å². The van der Waals surface area contributed by atoms with Gasteiger partial charge in [-0.25, -0.2) is 4.57 Å². The first-order chi connectivity index (χ1) is 23.3. The van der Waals surface area contributed by atoms with Crippen LogP contribution in [-0.4, -0.2) is 49.3 Å². The summed E-state index contributed by atoms with van der Waals surface area (Å²) >= 11 is 0. The van der Waals surface area contributed by atoms with Gasteiger partial charge in [-0.1, -0.05) is 132 Å². The van der Waals surface area contributed by atoms with E-state index in [4.69, 9.17) is 24.3 Å². The number of hydrogen-bond acceptors (Lipinski definition) is 8. The quantitative estimate of drug-likeness (QED) is 0.0298. The summed E-state index contributed by atoms with van der Waals surface area (Å²) in [6.07, 6.45) is 38.5. The molecule has 0 saturated heterocycles. The number of carbonyl (C=O) groups excluding carboxylic acids is 2. The van der Waals surface area contributed by atoms with Crippen LogP contribution in [0.15, 0.2) is 60.8 Å². The molecule has 276 valence electrons. The van der Waals surface area contributed by atoms with E-state index in [1.54, 1.807) is 0 Å². The van der Waals surface area contributed by atoms with Crippen molar-refractivity contribution in [3.8, 4) is 0 Å². The standard InChI is InChI=1S/C38H66NO8P/c1-3-5-7-9-11-13-14-15-16-17-18-19-20-21-22-23-25-27-29-31-38(41)47-36(35-46-48(42,43)45-33-32-39)34-44-37(40)30-28-26-24-12-10-8-6-4-2/h11,13,15-16,18-19,21-22,25,27,36H,3-10,12,14,17,20,23-24,26,28-35,39H2,1-2H3,(H,42,43)/b13-11+,16-15+,19-18+,22-21+,27-25+/t36-/m1/s1. The van der Waals surface area contributed by atoms with E-state index in [-0.39, 0.29) is 32.6 Å². The third kappa shape index (κ3) is 33.6. The number of allylic oxidation sites excluding steroid dienone is 10. The smallest absolute Gasteiger partial charge is 0.462 e. The van der Waals surface area contributed by atoms with Gasteiger partial charge in [0.2, 0.25) is 0 Å². The van der Waals surface area contributed by atoms with Gasteiger partial charge < -0.3 is 20.1 Å². The van der Waals surface area contributed by atoms with Crippen LogP contribution in [0.2, 0.25) is 0 Å². The Morgan fingerprint density at radius 2 is 1.12 bits per heavy atom. The summed E-state index contributed by atoms with van der Waals surface area (Å²) in [7, 11) is -4.39. The van der Waals surface area contributed by atoms with E-state index in [0.29, 0.717) is 6.42 Å². The molecule has 0 rings (SSSR count). The molecule has 2 atom stereocenters. The Morgan fingerprint density at radius 3 is 1.69 bits per heavy atom. The van der Waals surface area contributed by atoms with Crippen LogP contribution in [0.4, 0.5) is 0 Å². The summed E-state index contributed by atoms with van der Waals surface area (Å²) in [5.74, 6) is -0.936. The molecule has 0 aliphatic carbocycles. The first kappa shape index (κ1) is 45.7. The average Bonchev–Trinajstić information content (AvgIpc) is 3.07. The fraction of sp³-hybridized carbons (Fsp3) is 0.684. The molecule has 9 nitrogen and oxygen atoms in total. The minimum atomic E-state index is -4.39. The fourth-order valence-corrected chi connectivity index (χ4v) is 5.20. The van der Waals surface area contributed by atoms with Crippen LogP contribution in [0.25, 0.3) is 0 Å². The molecule has 0 saturated carbocycles. The Labute approximate surface area is 291 Å². The molecule has 0 aliphatic rings. The summed E-state index contributed by atoms with van der Waals surface area (Å²) in [6, 6.07) is 0. The van der Waals surface area contributed by atoms with Gasteiger partial charge in [0, 0.05) is 19.4 Å². The maximum absolute atomic E-state index is 12.5. The molecule has 0 aromatic heterocycles. The number of esters is 2. The lowest BCUT2D eigenvalue weighted by Crippen LogP contribution is -2.29. The van der Waals surface area contributed by atoms with E-state index < -0.39 is 32.5 Å². The first-order valence-corrected chi connectivity index (χ1v) is 19.8. The summed E-state index contributed by atoms with van der Waals surface area (Å²) in [5, 5.41) is 0. The van der Waals surface area contributed by atoms with Crippen LogP contribution >= 0.6 is 7.82 Å². The van der Waals surface area contributed by atoms with Crippen molar-refractivity contribution in [2.75, 3.05) is 26.4 Å². The number of nitrogens with two attached hydrogens (primary N) is 1. The zero-order chi connectivity index (χ0) is 35.4. The van der Waals surface area contributed by atoms with Crippen LogP contribution in [-0.2, 0) is 32.7 Å². The summed E-state index contributed by atoms with van der Waals surface area (Å²) in [5.41, 5.74) is 5.31. The molecule has 0 spiro atoms. The molecule has 1 unspecified atom stereocenters. The van der Waals surface area contributed by atoms with Crippen LogP contribution in [0.3, 0.4) is 0 Å². The highest BCUT2D eigenvalue weighted by atomic mass is 31.2. The molecular weight excluding hydrogens is 629 g/mol. The highest BCUT2D eigenvalue weighted by Crippen LogP contribution is 2.43. The van der Waals surface area contributed by atoms with E-state index in [0.717, 1.165) is 51.4 Å². The maximum atomic E-state index is 12.5. The number of phosphoric acid groups is 1. The molecule has 0 fully saturated rings. The van der Waals surface area contributed by atoms with Gasteiger partial charge in [0.15, 0.2) is 6.10 Å². The number of unbranched alkanes of at least 4 members (excludes halogenated alkanes) is 10. The molecule has 0 aliphatic heterocycles. The second kappa shape index (κ2) is 34.6. The number of ether oxygens (including phenoxy) is 2. The zero-order valence-corrected chi connectivity index (χ0v) is 30.8. The summed E-state index contributed by atoms with van der Waals surface area (Å²) in [6.45, 7) is 3.55. The zero-order valence-electron chi connectivity index (χ0n) is 29.9. The summed E-state index contributed by atoms with van der Waals surface area (Å²) in [4.78, 5) is 34.5. The Hall–Kier alpha value is -2.29. The van der Waals surface area contributed by atoms with Gasteiger partial charge in [0.05, 0.1) is 13.2 Å². The average molecular weight is 696 g/mol. The minimum absolute atomic E-state index is 0.0403. The predicted molar refractivity (Wildman–Crippen MR) is 196 cm³/mol. The van der Waals surface area contributed by atoms with Gasteiger partial charge in [-0.3, -0.25) is 18.6 Å². The van der Waals surface area contributed by atoms with E-state index in [1.807, 2.05) is 12.2 Å². The predicted octanol–water partition coefficient (Wildman–Crippen LogP) is 9.77. The molecule has 0 radical (unpaired) electrons. The summed E-state index contributed by atoms with van der Waals surface area (Å²) < 4.78 is 32.4. The molecule has 0 aromatic rings. The van der Waals surface area contributed by atoms with Crippen LogP contribution in [0.1, 0.15) is 136 Å². The highest BCUT2D eigenvalue weighted by molar-refractivity contribution is 7.47. The lowest BCUT2D eigenvalue weighted by Gasteiger charge is -2.19. The van der Waals surface area contributed by atoms with Crippen molar-refractivity contribution in [2.45, 2.75) is 142 Å². The Kier molecular flexibility index (Phi) is 32.9. The van der Waals surface area contributed by atoms with Crippen molar-refractivity contribution >= 4 is 19.8 Å².